The summed E-state index contributed by atoms with van der Waals surface area (Å²) < 4.78 is 0. The maximum absolute atomic E-state index is 13.0. The topological polar surface area (TPSA) is 68.8 Å². The van der Waals surface area contributed by atoms with Crippen molar-refractivity contribution in [3.8, 4) is 0 Å². The monoisotopic (exact) mass is 467 g/mol. The molecule has 0 radical (unpaired) electrons. The van der Waals surface area contributed by atoms with Crippen molar-refractivity contribution in [2.75, 3.05) is 5.01 Å². The van der Waals surface area contributed by atoms with Gasteiger partial charge in [0.25, 0.3) is 5.91 Å². The average molecular weight is 468 g/mol. The molecule has 0 saturated heterocycles. The van der Waals surface area contributed by atoms with E-state index in [1.54, 1.807) is 23.5 Å². The number of anilines is 1. The molecule has 164 valence electrons. The van der Waals surface area contributed by atoms with Gasteiger partial charge < -0.3 is 5.32 Å². The number of carbonyl (C=O) groups is 1. The lowest BCUT2D eigenvalue weighted by atomic mass is 9.86. The Balaban J connectivity index is 1.50. The first-order valence-electron chi connectivity index (χ1n) is 10.2. The van der Waals surface area contributed by atoms with Crippen LogP contribution in [0, 0.1) is 0 Å². The van der Waals surface area contributed by atoms with E-state index in [9.17, 15) is 4.79 Å². The molecule has 1 amide bonds. The molecule has 1 aliphatic rings. The van der Waals surface area contributed by atoms with Crippen LogP contribution in [-0.2, 0) is 6.42 Å². The Morgan fingerprint density at radius 3 is 2.19 bits per heavy atom. The van der Waals surface area contributed by atoms with Crippen LogP contribution in [-0.4, -0.2) is 18.3 Å². The van der Waals surface area contributed by atoms with E-state index in [1.165, 1.54) is 0 Å². The summed E-state index contributed by atoms with van der Waals surface area (Å²) in [4.78, 5) is 13.0. The zero-order valence-corrected chi connectivity index (χ0v) is 18.9. The first-order chi connectivity index (χ1) is 15.5. The van der Waals surface area contributed by atoms with Crippen LogP contribution in [0.15, 0.2) is 77.9 Å². The van der Waals surface area contributed by atoms with Crippen LogP contribution in [0.3, 0.4) is 0 Å². The molecule has 4 rings (SSSR count). The van der Waals surface area contributed by atoms with E-state index in [2.05, 4.69) is 21.5 Å². The molecule has 0 bridgehead atoms. The van der Waals surface area contributed by atoms with E-state index >= 15 is 0 Å². The van der Waals surface area contributed by atoms with Crippen LogP contribution in [0.2, 0.25) is 10.0 Å². The van der Waals surface area contributed by atoms with Gasteiger partial charge in [0.05, 0.1) is 5.69 Å². The second kappa shape index (κ2) is 10.0. The van der Waals surface area contributed by atoms with Crippen molar-refractivity contribution in [1.82, 2.24) is 16.4 Å². The van der Waals surface area contributed by atoms with Crippen molar-refractivity contribution in [2.24, 2.45) is 5.10 Å². The molecule has 0 saturated carbocycles. The van der Waals surface area contributed by atoms with Crippen LogP contribution >= 0.6 is 23.2 Å². The van der Waals surface area contributed by atoms with Crippen molar-refractivity contribution < 1.29 is 4.79 Å². The molecule has 0 aromatic heterocycles. The Morgan fingerprint density at radius 2 is 1.59 bits per heavy atom. The molecule has 32 heavy (non-hydrogen) atoms. The third-order valence-electron chi connectivity index (χ3n) is 5.45. The second-order valence-electron chi connectivity index (χ2n) is 7.64. The number of rotatable bonds is 7. The number of nitrogens with one attached hydrogen (secondary N) is 3. The van der Waals surface area contributed by atoms with E-state index in [0.29, 0.717) is 15.6 Å². The smallest absolute Gasteiger partial charge is 0.251 e. The predicted molar refractivity (Wildman–Crippen MR) is 130 cm³/mol. The second-order valence-corrected chi connectivity index (χ2v) is 8.51. The van der Waals surface area contributed by atoms with Gasteiger partial charge in [0, 0.05) is 27.6 Å². The third-order valence-corrected chi connectivity index (χ3v) is 5.95. The Labute approximate surface area is 197 Å². The van der Waals surface area contributed by atoms with Crippen molar-refractivity contribution >= 4 is 41.1 Å². The zero-order valence-electron chi connectivity index (χ0n) is 17.4. The van der Waals surface area contributed by atoms with Gasteiger partial charge in [-0.15, -0.1) is 5.53 Å². The fourth-order valence-electron chi connectivity index (χ4n) is 3.66. The van der Waals surface area contributed by atoms with Gasteiger partial charge in [-0.05, 0) is 73.0 Å². The molecule has 1 heterocycles. The van der Waals surface area contributed by atoms with Crippen LogP contribution < -0.4 is 21.4 Å². The Bertz CT molecular complexity index is 1080. The summed E-state index contributed by atoms with van der Waals surface area (Å²) in [5.41, 5.74) is 9.21. The quantitative estimate of drug-likeness (QED) is 0.461. The van der Waals surface area contributed by atoms with Gasteiger partial charge >= 0.3 is 0 Å². The number of benzene rings is 3. The van der Waals surface area contributed by atoms with Crippen LogP contribution in [0.4, 0.5) is 5.69 Å². The first kappa shape index (κ1) is 22.1. The van der Waals surface area contributed by atoms with Crippen LogP contribution in [0.1, 0.15) is 34.3 Å². The Kier molecular flexibility index (Phi) is 6.95. The minimum atomic E-state index is -0.125. The Hall–Kier alpha value is -3.06. The number of carbonyl (C=O) groups excluding carboxylic acids is 1. The highest BCUT2D eigenvalue weighted by Gasteiger charge is 2.22. The summed E-state index contributed by atoms with van der Waals surface area (Å²) in [7, 11) is 0. The maximum atomic E-state index is 13.0. The molecular formula is C24H23Cl2N5O. The molecule has 0 spiro atoms. The van der Waals surface area contributed by atoms with Gasteiger partial charge in [-0.25, -0.2) is 10.5 Å². The normalized spacial score (nSPS) is 14.7. The average Bonchev–Trinajstić information content (AvgIpc) is 3.34. The van der Waals surface area contributed by atoms with Gasteiger partial charge in [0.15, 0.2) is 0 Å². The van der Waals surface area contributed by atoms with Gasteiger partial charge in [0.1, 0.15) is 6.34 Å². The third kappa shape index (κ3) is 5.40. The summed E-state index contributed by atoms with van der Waals surface area (Å²) >= 11 is 12.1. The first-order valence-corrected chi connectivity index (χ1v) is 11.0. The maximum Gasteiger partial charge on any atom is 0.251 e. The van der Waals surface area contributed by atoms with Crippen LogP contribution in [0.25, 0.3) is 0 Å². The molecule has 0 fully saturated rings. The number of amides is 1. The van der Waals surface area contributed by atoms with Crippen molar-refractivity contribution in [1.29, 1.82) is 0 Å². The molecule has 8 heteroatoms. The highest BCUT2D eigenvalue weighted by molar-refractivity contribution is 6.30. The molecule has 0 unspecified atom stereocenters. The van der Waals surface area contributed by atoms with Gasteiger partial charge in [0.2, 0.25) is 0 Å². The molecule has 3 aromatic carbocycles. The van der Waals surface area contributed by atoms with Gasteiger partial charge in [-0.3, -0.25) is 4.79 Å². The Morgan fingerprint density at radius 1 is 0.969 bits per heavy atom. The number of halogens is 2. The standard InChI is InChI=1S/C24H23Cl2N5O/c1-16(28-24(32)19-6-12-22(13-7-19)31-15-27-29-30-31)23(18-4-10-21(26)11-5-18)14-17-2-8-20(25)9-3-17/h2-13,15-16,23,29-30H,14H2,1H3,(H,28,32)/t16-,23+/m1/s1. The van der Waals surface area contributed by atoms with E-state index in [1.807, 2.05) is 67.6 Å². The SMILES string of the molecule is C[C@@H](NC(=O)c1ccc(N2C=NNN2)cc1)[C@H](Cc1ccc(Cl)cc1)c1ccc(Cl)cc1. The van der Waals surface area contributed by atoms with Crippen molar-refractivity contribution in [2.45, 2.75) is 25.3 Å². The summed E-state index contributed by atoms with van der Waals surface area (Å²) in [6.07, 6.45) is 2.37. The van der Waals surface area contributed by atoms with E-state index in [0.717, 1.165) is 23.2 Å². The molecule has 3 N–H and O–H groups in total. The summed E-state index contributed by atoms with van der Waals surface area (Å²) in [6, 6.07) is 22.8. The van der Waals surface area contributed by atoms with Crippen LogP contribution in [0.5, 0.6) is 0 Å². The van der Waals surface area contributed by atoms with E-state index in [4.69, 9.17) is 23.2 Å². The fraction of sp³-hybridized carbons (Fsp3) is 0.167. The number of hydrogen-bond donors (Lipinski definition) is 3. The molecule has 6 nitrogen and oxygen atoms in total. The minimum absolute atomic E-state index is 0.0627. The molecule has 3 aromatic rings. The number of hydrogen-bond acceptors (Lipinski definition) is 5. The summed E-state index contributed by atoms with van der Waals surface area (Å²) in [5, 5.41) is 10.1. The molecule has 0 aliphatic carbocycles. The predicted octanol–water partition coefficient (Wildman–Crippen LogP) is 4.91. The summed E-state index contributed by atoms with van der Waals surface area (Å²) in [6.45, 7) is 2.03. The number of hydrazine groups is 2. The van der Waals surface area contributed by atoms with E-state index < -0.39 is 0 Å². The highest BCUT2D eigenvalue weighted by atomic mass is 35.5. The van der Waals surface area contributed by atoms with E-state index in [-0.39, 0.29) is 17.9 Å². The lowest BCUT2D eigenvalue weighted by Gasteiger charge is -2.26. The summed E-state index contributed by atoms with van der Waals surface area (Å²) in [5.74, 6) is -0.0620. The number of nitrogens with zero attached hydrogens (tertiary/aromatic N) is 2. The molecular weight excluding hydrogens is 445 g/mol. The largest absolute Gasteiger partial charge is 0.349 e. The van der Waals surface area contributed by atoms with Gasteiger partial charge in [-0.1, -0.05) is 47.5 Å². The highest BCUT2D eigenvalue weighted by Crippen LogP contribution is 2.27. The lowest BCUT2D eigenvalue weighted by molar-refractivity contribution is 0.0934. The molecule has 1 aliphatic heterocycles. The lowest BCUT2D eigenvalue weighted by Crippen LogP contribution is -2.38. The van der Waals surface area contributed by atoms with Crippen molar-refractivity contribution in [3.05, 3.63) is 99.5 Å². The van der Waals surface area contributed by atoms with Crippen molar-refractivity contribution in [3.63, 3.8) is 0 Å². The fourth-order valence-corrected chi connectivity index (χ4v) is 3.91. The molecule has 2 atom stereocenters. The number of hydrazone groups is 1. The minimum Gasteiger partial charge on any atom is -0.349 e. The zero-order chi connectivity index (χ0) is 22.5. The van der Waals surface area contributed by atoms with Gasteiger partial charge in [-0.2, -0.15) is 5.10 Å².